The van der Waals surface area contributed by atoms with Crippen molar-refractivity contribution in [3.63, 3.8) is 0 Å². The number of carboxylic acids is 1. The van der Waals surface area contributed by atoms with Gasteiger partial charge in [0.15, 0.2) is 0 Å². The van der Waals surface area contributed by atoms with E-state index in [4.69, 9.17) is 9.84 Å². The topological polar surface area (TPSA) is 95.9 Å². The molecule has 0 aliphatic carbocycles. The summed E-state index contributed by atoms with van der Waals surface area (Å²) in [5, 5.41) is 8.48. The molecule has 0 bridgehead atoms. The molecular formula is C8H18N2O5S. The van der Waals surface area contributed by atoms with Crippen molar-refractivity contribution in [2.24, 2.45) is 0 Å². The highest BCUT2D eigenvalue weighted by molar-refractivity contribution is 7.87. The van der Waals surface area contributed by atoms with E-state index in [-0.39, 0.29) is 32.7 Å². The predicted molar refractivity (Wildman–Crippen MR) is 58.3 cm³/mol. The minimum Gasteiger partial charge on any atom is -0.481 e. The molecule has 16 heavy (non-hydrogen) atoms. The first-order chi connectivity index (χ1) is 7.44. The lowest BCUT2D eigenvalue weighted by molar-refractivity contribution is -0.137. The van der Waals surface area contributed by atoms with E-state index < -0.39 is 16.2 Å². The molecule has 0 aliphatic heterocycles. The van der Waals surface area contributed by atoms with Gasteiger partial charge in [-0.2, -0.15) is 17.4 Å². The first-order valence-corrected chi connectivity index (χ1v) is 6.33. The minimum atomic E-state index is -3.60. The fourth-order valence-corrected chi connectivity index (χ4v) is 2.23. The molecule has 0 saturated heterocycles. The fraction of sp³-hybridized carbons (Fsp3) is 0.875. The molecule has 0 heterocycles. The zero-order chi connectivity index (χ0) is 12.6. The maximum atomic E-state index is 11.6. The van der Waals surface area contributed by atoms with Crippen molar-refractivity contribution in [3.05, 3.63) is 0 Å². The van der Waals surface area contributed by atoms with Gasteiger partial charge in [0.05, 0.1) is 13.0 Å². The van der Waals surface area contributed by atoms with Crippen LogP contribution in [0.2, 0.25) is 0 Å². The van der Waals surface area contributed by atoms with Crippen molar-refractivity contribution in [1.82, 2.24) is 9.03 Å². The van der Waals surface area contributed by atoms with Gasteiger partial charge in [0.2, 0.25) is 0 Å². The molecule has 0 aromatic rings. The Kier molecular flexibility index (Phi) is 7.22. The third-order valence-electron chi connectivity index (χ3n) is 1.86. The normalized spacial score (nSPS) is 11.9. The van der Waals surface area contributed by atoms with Gasteiger partial charge in [0.25, 0.3) is 10.2 Å². The van der Waals surface area contributed by atoms with Crippen LogP contribution in [0.1, 0.15) is 13.3 Å². The van der Waals surface area contributed by atoms with Crippen LogP contribution in [0.25, 0.3) is 0 Å². The lowest BCUT2D eigenvalue weighted by Crippen LogP contribution is -2.42. The SMILES string of the molecule is CCN(CCC(=O)O)S(=O)(=O)NCCOC. The molecule has 96 valence electrons. The molecule has 0 aromatic heterocycles. The van der Waals surface area contributed by atoms with E-state index in [0.29, 0.717) is 0 Å². The van der Waals surface area contributed by atoms with E-state index in [1.165, 1.54) is 7.11 Å². The van der Waals surface area contributed by atoms with Gasteiger partial charge in [-0.1, -0.05) is 6.92 Å². The van der Waals surface area contributed by atoms with Crippen molar-refractivity contribution >= 4 is 16.2 Å². The Bertz CT molecular complexity index is 304. The first-order valence-electron chi connectivity index (χ1n) is 4.89. The molecule has 0 amide bonds. The van der Waals surface area contributed by atoms with Crippen LogP contribution in [0.4, 0.5) is 0 Å². The molecule has 0 saturated carbocycles. The Labute approximate surface area is 95.6 Å². The number of aliphatic carboxylic acids is 1. The third-order valence-corrected chi connectivity index (χ3v) is 3.55. The van der Waals surface area contributed by atoms with Crippen LogP contribution in [0.15, 0.2) is 0 Å². The third kappa shape index (κ3) is 6.01. The van der Waals surface area contributed by atoms with Gasteiger partial charge in [0, 0.05) is 26.7 Å². The summed E-state index contributed by atoms with van der Waals surface area (Å²) in [7, 11) is -2.13. The standard InChI is InChI=1S/C8H18N2O5S/c1-3-10(6-4-8(11)12)16(13,14)9-5-7-15-2/h9H,3-7H2,1-2H3,(H,11,12). The Morgan fingerprint density at radius 3 is 2.56 bits per heavy atom. The molecule has 0 rings (SSSR count). The Hall–Kier alpha value is -0.700. The van der Waals surface area contributed by atoms with Crippen LogP contribution < -0.4 is 4.72 Å². The summed E-state index contributed by atoms with van der Waals surface area (Å²) in [4.78, 5) is 10.3. The molecule has 0 aliphatic rings. The number of hydrogen-bond donors (Lipinski definition) is 2. The van der Waals surface area contributed by atoms with E-state index in [1.54, 1.807) is 6.92 Å². The molecule has 2 N–H and O–H groups in total. The second-order valence-corrected chi connectivity index (χ2v) is 4.78. The molecule has 0 radical (unpaired) electrons. The first kappa shape index (κ1) is 15.3. The molecule has 0 unspecified atom stereocenters. The second kappa shape index (κ2) is 7.55. The number of hydrogen-bond acceptors (Lipinski definition) is 4. The number of ether oxygens (including phenoxy) is 1. The van der Waals surface area contributed by atoms with Crippen LogP contribution in [0.3, 0.4) is 0 Å². The van der Waals surface area contributed by atoms with E-state index in [2.05, 4.69) is 4.72 Å². The number of methoxy groups -OCH3 is 1. The van der Waals surface area contributed by atoms with E-state index in [1.807, 2.05) is 0 Å². The van der Waals surface area contributed by atoms with Gasteiger partial charge < -0.3 is 9.84 Å². The lowest BCUT2D eigenvalue weighted by atomic mass is 10.4. The zero-order valence-electron chi connectivity index (χ0n) is 9.47. The molecular weight excluding hydrogens is 236 g/mol. The van der Waals surface area contributed by atoms with Gasteiger partial charge in [-0.3, -0.25) is 4.79 Å². The van der Waals surface area contributed by atoms with Gasteiger partial charge in [0.1, 0.15) is 0 Å². The van der Waals surface area contributed by atoms with Crippen molar-refractivity contribution in [3.8, 4) is 0 Å². The summed E-state index contributed by atoms with van der Waals surface area (Å²) in [5.41, 5.74) is 0. The van der Waals surface area contributed by atoms with E-state index >= 15 is 0 Å². The monoisotopic (exact) mass is 254 g/mol. The van der Waals surface area contributed by atoms with Crippen molar-refractivity contribution in [2.45, 2.75) is 13.3 Å². The van der Waals surface area contributed by atoms with Crippen LogP contribution in [0, 0.1) is 0 Å². The fourth-order valence-electron chi connectivity index (χ4n) is 1.03. The summed E-state index contributed by atoms with van der Waals surface area (Å²) in [6.45, 7) is 2.29. The van der Waals surface area contributed by atoms with Crippen molar-refractivity contribution in [1.29, 1.82) is 0 Å². The molecule has 7 nitrogen and oxygen atoms in total. The minimum absolute atomic E-state index is 0.0336. The van der Waals surface area contributed by atoms with Gasteiger partial charge in [-0.25, -0.2) is 0 Å². The number of carboxylic acid groups (broad SMARTS) is 1. The molecule has 0 atom stereocenters. The smallest absolute Gasteiger partial charge is 0.304 e. The van der Waals surface area contributed by atoms with Crippen molar-refractivity contribution < 1.29 is 23.1 Å². The van der Waals surface area contributed by atoms with Crippen LogP contribution in [-0.4, -0.2) is 57.1 Å². The highest BCUT2D eigenvalue weighted by atomic mass is 32.2. The summed E-state index contributed by atoms with van der Waals surface area (Å²) in [5.74, 6) is -1.02. The van der Waals surface area contributed by atoms with Gasteiger partial charge in [-0.15, -0.1) is 0 Å². The van der Waals surface area contributed by atoms with Crippen LogP contribution >= 0.6 is 0 Å². The van der Waals surface area contributed by atoms with Crippen LogP contribution in [-0.2, 0) is 19.7 Å². The number of nitrogens with one attached hydrogen (secondary N) is 1. The van der Waals surface area contributed by atoms with Crippen molar-refractivity contribution in [2.75, 3.05) is 33.4 Å². The highest BCUT2D eigenvalue weighted by Gasteiger charge is 2.19. The highest BCUT2D eigenvalue weighted by Crippen LogP contribution is 1.99. The summed E-state index contributed by atoms with van der Waals surface area (Å²) < 4.78 is 31.3. The summed E-state index contributed by atoms with van der Waals surface area (Å²) in [6.07, 6.45) is -0.209. The van der Waals surface area contributed by atoms with Gasteiger partial charge >= 0.3 is 5.97 Å². The summed E-state index contributed by atoms with van der Waals surface area (Å²) in [6, 6.07) is 0. The summed E-state index contributed by atoms with van der Waals surface area (Å²) >= 11 is 0. The maximum Gasteiger partial charge on any atom is 0.304 e. The van der Waals surface area contributed by atoms with E-state index in [0.717, 1.165) is 4.31 Å². The molecule has 8 heteroatoms. The number of rotatable bonds is 9. The predicted octanol–water partition coefficient (Wildman–Crippen LogP) is -0.736. The average molecular weight is 254 g/mol. The van der Waals surface area contributed by atoms with Crippen LogP contribution in [0.5, 0.6) is 0 Å². The molecule has 0 fully saturated rings. The Morgan fingerprint density at radius 2 is 2.12 bits per heavy atom. The Morgan fingerprint density at radius 1 is 1.50 bits per heavy atom. The average Bonchev–Trinajstić information content (AvgIpc) is 2.18. The second-order valence-electron chi connectivity index (χ2n) is 3.03. The maximum absolute atomic E-state index is 11.6. The van der Waals surface area contributed by atoms with E-state index in [9.17, 15) is 13.2 Å². The number of carbonyl (C=O) groups is 1. The largest absolute Gasteiger partial charge is 0.481 e. The number of nitrogens with zero attached hydrogens (tertiary/aromatic N) is 1. The molecule has 0 aromatic carbocycles. The Balaban J connectivity index is 4.25. The lowest BCUT2D eigenvalue weighted by Gasteiger charge is -2.19. The zero-order valence-corrected chi connectivity index (χ0v) is 10.3. The van der Waals surface area contributed by atoms with Gasteiger partial charge in [-0.05, 0) is 0 Å². The quantitative estimate of drug-likeness (QED) is 0.528. The molecule has 0 spiro atoms.